The fourth-order valence-electron chi connectivity index (χ4n) is 7.82. The smallest absolute Gasteiger partial charge is 0.320 e. The first-order valence-corrected chi connectivity index (χ1v) is 25.2. The number of hydrogen-bond acceptors (Lipinski definition) is 8. The van der Waals surface area contributed by atoms with E-state index in [-0.39, 0.29) is 30.9 Å². The number of esters is 2. The second-order valence-corrected chi connectivity index (χ2v) is 17.6. The normalized spacial score (nSPS) is 12.3. The zero-order valence-electron chi connectivity index (χ0n) is 38.7. The molecule has 0 radical (unpaired) electrons. The number of rotatable bonds is 48. The van der Waals surface area contributed by atoms with Gasteiger partial charge in [0.25, 0.3) is 0 Å². The van der Waals surface area contributed by atoms with E-state index in [1.807, 2.05) is 0 Å². The predicted molar refractivity (Wildman–Crippen MR) is 244 cm³/mol. The highest BCUT2D eigenvalue weighted by Crippen LogP contribution is 2.19. The molecule has 0 fully saturated rings. The SMILES string of the molecule is CCCCCCCC(CCCCCCCCCCCC(=O)OCCCCCCCCCCCC(=O)CCCCCCCCCCCCC(=O)O)OC(=O)CC[C@@H](N)C(=O)O. The zero-order chi connectivity index (χ0) is 44.2. The minimum absolute atomic E-state index is 0.0447. The lowest BCUT2D eigenvalue weighted by atomic mass is 10.0. The number of aliphatic carboxylic acids is 2. The van der Waals surface area contributed by atoms with Crippen LogP contribution in [0, 0.1) is 0 Å². The Bertz CT molecular complexity index is 1040. The summed E-state index contributed by atoms with van der Waals surface area (Å²) < 4.78 is 11.2. The van der Waals surface area contributed by atoms with E-state index < -0.39 is 18.0 Å². The largest absolute Gasteiger partial charge is 0.481 e. The summed E-state index contributed by atoms with van der Waals surface area (Å²) in [6, 6.07) is -1.03. The Labute approximate surface area is 367 Å². The van der Waals surface area contributed by atoms with Crippen LogP contribution in [0.5, 0.6) is 0 Å². The van der Waals surface area contributed by atoms with Crippen molar-refractivity contribution in [1.82, 2.24) is 0 Å². The molecule has 352 valence electrons. The Morgan fingerprint density at radius 2 is 0.783 bits per heavy atom. The number of carboxylic acids is 2. The van der Waals surface area contributed by atoms with E-state index in [4.69, 9.17) is 25.4 Å². The molecule has 0 spiro atoms. The number of unbranched alkanes of at least 4 members (excludes halogenated alkanes) is 29. The fraction of sp³-hybridized carbons (Fsp3) is 0.900. The molecule has 0 amide bonds. The van der Waals surface area contributed by atoms with E-state index in [0.29, 0.717) is 25.2 Å². The molecule has 0 rings (SSSR count). The highest BCUT2D eigenvalue weighted by molar-refractivity contribution is 5.78. The lowest BCUT2D eigenvalue weighted by Crippen LogP contribution is -2.31. The Kier molecular flexibility index (Phi) is 42.7. The summed E-state index contributed by atoms with van der Waals surface area (Å²) in [4.78, 5) is 58.1. The van der Waals surface area contributed by atoms with Gasteiger partial charge >= 0.3 is 23.9 Å². The molecule has 10 nitrogen and oxygen atoms in total. The Balaban J connectivity index is 3.57. The average molecular weight is 852 g/mol. The third-order valence-electron chi connectivity index (χ3n) is 11.8. The highest BCUT2D eigenvalue weighted by atomic mass is 16.5. The molecule has 0 saturated heterocycles. The maximum Gasteiger partial charge on any atom is 0.320 e. The molecule has 0 bridgehead atoms. The van der Waals surface area contributed by atoms with Gasteiger partial charge < -0.3 is 25.4 Å². The maximum atomic E-state index is 12.3. The van der Waals surface area contributed by atoms with Gasteiger partial charge in [-0.2, -0.15) is 0 Å². The molecule has 0 aliphatic rings. The summed E-state index contributed by atoms with van der Waals surface area (Å²) in [5, 5.41) is 17.6. The van der Waals surface area contributed by atoms with Crippen LogP contribution in [0.15, 0.2) is 0 Å². The molecule has 60 heavy (non-hydrogen) atoms. The average Bonchev–Trinajstić information content (AvgIpc) is 3.22. The van der Waals surface area contributed by atoms with Crippen molar-refractivity contribution < 1.29 is 43.7 Å². The van der Waals surface area contributed by atoms with Crippen LogP contribution in [0.3, 0.4) is 0 Å². The zero-order valence-corrected chi connectivity index (χ0v) is 38.7. The standard InChI is InChI=1S/C50H93NO9/c1-2-3-4-21-30-37-45(60-49(56)42-41-46(51)50(57)58)38-31-24-17-11-7-13-19-26-33-40-48(55)59-43-34-27-20-14-8-10-16-23-29-36-44(52)35-28-22-15-9-5-6-12-18-25-32-39-47(53)54/h45-46H,2-43,51H2,1H3,(H,53,54)(H,57,58)/t45?,46-/m1/s1. The first-order valence-electron chi connectivity index (χ1n) is 25.2. The molecule has 0 aromatic heterocycles. The molecule has 4 N–H and O–H groups in total. The molecular formula is C50H93NO9. The molecule has 0 aromatic rings. The molecule has 0 heterocycles. The van der Waals surface area contributed by atoms with Gasteiger partial charge in [-0.05, 0) is 64.2 Å². The third kappa shape index (κ3) is 43.6. The van der Waals surface area contributed by atoms with Crippen molar-refractivity contribution in [2.24, 2.45) is 5.73 Å². The van der Waals surface area contributed by atoms with E-state index in [1.54, 1.807) is 0 Å². The van der Waals surface area contributed by atoms with Crippen LogP contribution in [0.2, 0.25) is 0 Å². The summed E-state index contributed by atoms with van der Waals surface area (Å²) >= 11 is 0. The number of carboxylic acid groups (broad SMARTS) is 2. The van der Waals surface area contributed by atoms with Crippen LogP contribution < -0.4 is 5.73 Å². The number of carbonyl (C=O) groups excluding carboxylic acids is 3. The van der Waals surface area contributed by atoms with Crippen molar-refractivity contribution in [2.45, 2.75) is 282 Å². The topological polar surface area (TPSA) is 170 Å². The fourth-order valence-corrected chi connectivity index (χ4v) is 7.82. The molecular weight excluding hydrogens is 759 g/mol. The first-order chi connectivity index (χ1) is 29.1. The summed E-state index contributed by atoms with van der Waals surface area (Å²) in [6.07, 6.45) is 41.6. The van der Waals surface area contributed by atoms with Crippen LogP contribution in [-0.4, -0.2) is 58.6 Å². The van der Waals surface area contributed by atoms with Gasteiger partial charge in [-0.15, -0.1) is 0 Å². The molecule has 0 aliphatic carbocycles. The van der Waals surface area contributed by atoms with Gasteiger partial charge in [0.1, 0.15) is 17.9 Å². The lowest BCUT2D eigenvalue weighted by Gasteiger charge is -2.18. The molecule has 0 saturated carbocycles. The monoisotopic (exact) mass is 852 g/mol. The van der Waals surface area contributed by atoms with Gasteiger partial charge in [-0.3, -0.25) is 24.0 Å². The van der Waals surface area contributed by atoms with Crippen LogP contribution in [0.4, 0.5) is 0 Å². The van der Waals surface area contributed by atoms with Gasteiger partial charge in [0.2, 0.25) is 0 Å². The van der Waals surface area contributed by atoms with Crippen molar-refractivity contribution in [3.8, 4) is 0 Å². The molecule has 0 aliphatic heterocycles. The maximum absolute atomic E-state index is 12.3. The summed E-state index contributed by atoms with van der Waals surface area (Å²) in [6.45, 7) is 2.73. The van der Waals surface area contributed by atoms with E-state index in [1.165, 1.54) is 109 Å². The molecule has 10 heteroatoms. The molecule has 0 aromatic carbocycles. The number of hydrogen-bond donors (Lipinski definition) is 3. The third-order valence-corrected chi connectivity index (χ3v) is 11.8. The Morgan fingerprint density at radius 3 is 1.20 bits per heavy atom. The highest BCUT2D eigenvalue weighted by Gasteiger charge is 2.18. The van der Waals surface area contributed by atoms with Crippen LogP contribution in [-0.2, 0) is 33.4 Å². The lowest BCUT2D eigenvalue weighted by molar-refractivity contribution is -0.150. The number of carbonyl (C=O) groups is 5. The predicted octanol–water partition coefficient (Wildman–Crippen LogP) is 13.5. The van der Waals surface area contributed by atoms with Gasteiger partial charge in [0.15, 0.2) is 0 Å². The molecule has 1 unspecified atom stereocenters. The number of ether oxygens (including phenoxy) is 2. The first kappa shape index (κ1) is 57.5. The second-order valence-electron chi connectivity index (χ2n) is 17.6. The van der Waals surface area contributed by atoms with Crippen molar-refractivity contribution in [1.29, 1.82) is 0 Å². The van der Waals surface area contributed by atoms with Crippen LogP contribution in [0.1, 0.15) is 270 Å². The van der Waals surface area contributed by atoms with Gasteiger partial charge in [-0.25, -0.2) is 0 Å². The van der Waals surface area contributed by atoms with Crippen molar-refractivity contribution in [3.05, 3.63) is 0 Å². The number of nitrogens with two attached hydrogens (primary N) is 1. The minimum atomic E-state index is -1.09. The van der Waals surface area contributed by atoms with E-state index in [2.05, 4.69) is 6.92 Å². The Morgan fingerprint density at radius 1 is 0.417 bits per heavy atom. The molecule has 2 atom stereocenters. The van der Waals surface area contributed by atoms with E-state index in [0.717, 1.165) is 128 Å². The second kappa shape index (κ2) is 44.6. The van der Waals surface area contributed by atoms with Crippen molar-refractivity contribution in [3.63, 3.8) is 0 Å². The van der Waals surface area contributed by atoms with Gasteiger partial charge in [0.05, 0.1) is 6.61 Å². The summed E-state index contributed by atoms with van der Waals surface area (Å²) in [7, 11) is 0. The van der Waals surface area contributed by atoms with Crippen molar-refractivity contribution in [2.75, 3.05) is 6.61 Å². The van der Waals surface area contributed by atoms with Gasteiger partial charge in [-0.1, -0.05) is 174 Å². The van der Waals surface area contributed by atoms with E-state index >= 15 is 0 Å². The minimum Gasteiger partial charge on any atom is -0.481 e. The number of Topliss-reactive ketones (excluding diaryl/α,β-unsaturated/α-hetero) is 1. The number of ketones is 1. The van der Waals surface area contributed by atoms with Crippen LogP contribution >= 0.6 is 0 Å². The summed E-state index contributed by atoms with van der Waals surface area (Å²) in [5.41, 5.74) is 5.54. The quantitative estimate of drug-likeness (QED) is 0.0395. The van der Waals surface area contributed by atoms with Crippen molar-refractivity contribution >= 4 is 29.7 Å². The van der Waals surface area contributed by atoms with E-state index in [9.17, 15) is 24.0 Å². The Hall–Kier alpha value is -2.49. The van der Waals surface area contributed by atoms with Gasteiger partial charge in [0, 0.05) is 32.1 Å². The summed E-state index contributed by atoms with van der Waals surface area (Å²) in [5.74, 6) is -1.75. The van der Waals surface area contributed by atoms with Crippen LogP contribution in [0.25, 0.3) is 0 Å².